The zero-order valence-electron chi connectivity index (χ0n) is 7.13. The molecule has 0 spiro atoms. The monoisotopic (exact) mass is 150 g/mol. The third kappa shape index (κ3) is 1.32. The Labute approximate surface area is 67.4 Å². The Balaban J connectivity index is 2.18. The van der Waals surface area contributed by atoms with E-state index in [4.69, 9.17) is 4.42 Å². The van der Waals surface area contributed by atoms with Gasteiger partial charge in [-0.2, -0.15) is 0 Å². The van der Waals surface area contributed by atoms with Crippen LogP contribution in [0.3, 0.4) is 0 Å². The van der Waals surface area contributed by atoms with E-state index >= 15 is 0 Å². The zero-order valence-corrected chi connectivity index (χ0v) is 7.13. The lowest BCUT2D eigenvalue weighted by Gasteiger charge is -1.97. The maximum absolute atomic E-state index is 5.67. The normalized spacial score (nSPS) is 17.7. The molecule has 1 nitrogen and oxygen atoms in total. The molecule has 1 heteroatoms. The molecular weight excluding hydrogens is 136 g/mol. The van der Waals surface area contributed by atoms with Crippen molar-refractivity contribution in [3.63, 3.8) is 0 Å². The van der Waals surface area contributed by atoms with Gasteiger partial charge in [0.15, 0.2) is 0 Å². The second kappa shape index (κ2) is 2.40. The highest BCUT2D eigenvalue weighted by atomic mass is 16.3. The van der Waals surface area contributed by atoms with E-state index in [2.05, 4.69) is 26.0 Å². The Morgan fingerprint density at radius 1 is 1.36 bits per heavy atom. The van der Waals surface area contributed by atoms with Gasteiger partial charge in [-0.3, -0.25) is 0 Å². The zero-order chi connectivity index (χ0) is 7.84. The molecule has 1 aromatic heterocycles. The summed E-state index contributed by atoms with van der Waals surface area (Å²) in [5.74, 6) is 3.62. The van der Waals surface area contributed by atoms with Gasteiger partial charge in [0.25, 0.3) is 0 Å². The van der Waals surface area contributed by atoms with Crippen LogP contribution in [-0.4, -0.2) is 0 Å². The smallest absolute Gasteiger partial charge is 0.107 e. The van der Waals surface area contributed by atoms with Gasteiger partial charge in [0.05, 0.1) is 0 Å². The van der Waals surface area contributed by atoms with Crippen LogP contribution in [0.1, 0.15) is 50.0 Å². The summed E-state index contributed by atoms with van der Waals surface area (Å²) < 4.78 is 5.67. The first-order valence-electron chi connectivity index (χ1n) is 4.37. The highest BCUT2D eigenvalue weighted by molar-refractivity contribution is 5.16. The Hall–Kier alpha value is -0.720. The Bertz CT molecular complexity index is 227. The van der Waals surface area contributed by atoms with Gasteiger partial charge in [-0.05, 0) is 25.0 Å². The molecule has 0 aromatic carbocycles. The maximum atomic E-state index is 5.67. The Morgan fingerprint density at radius 2 is 2.09 bits per heavy atom. The molecule has 1 aliphatic rings. The average molecular weight is 150 g/mol. The average Bonchev–Trinajstić information content (AvgIpc) is 2.68. The van der Waals surface area contributed by atoms with Crippen molar-refractivity contribution in [2.45, 2.75) is 38.5 Å². The van der Waals surface area contributed by atoms with Crippen LogP contribution >= 0.6 is 0 Å². The van der Waals surface area contributed by atoms with E-state index in [-0.39, 0.29) is 0 Å². The minimum absolute atomic E-state index is 0.530. The van der Waals surface area contributed by atoms with E-state index < -0.39 is 0 Å². The Kier molecular flexibility index (Phi) is 1.52. The third-order valence-electron chi connectivity index (χ3n) is 2.20. The second-order valence-electron chi connectivity index (χ2n) is 3.67. The van der Waals surface area contributed by atoms with Gasteiger partial charge in [0.2, 0.25) is 0 Å². The first kappa shape index (κ1) is 6.96. The SMILES string of the molecule is CC(C)c1ccc(C2CC2)o1. The van der Waals surface area contributed by atoms with Crippen LogP contribution in [0.15, 0.2) is 16.5 Å². The van der Waals surface area contributed by atoms with Crippen LogP contribution in [0.2, 0.25) is 0 Å². The summed E-state index contributed by atoms with van der Waals surface area (Å²) in [4.78, 5) is 0. The molecule has 0 radical (unpaired) electrons. The van der Waals surface area contributed by atoms with E-state index in [1.54, 1.807) is 0 Å². The third-order valence-corrected chi connectivity index (χ3v) is 2.20. The molecule has 0 aliphatic heterocycles. The number of hydrogen-bond acceptors (Lipinski definition) is 1. The highest BCUT2D eigenvalue weighted by Crippen LogP contribution is 2.41. The summed E-state index contributed by atoms with van der Waals surface area (Å²) in [6, 6.07) is 4.24. The van der Waals surface area contributed by atoms with Gasteiger partial charge in [0.1, 0.15) is 11.5 Å². The highest BCUT2D eigenvalue weighted by Gasteiger charge is 2.26. The summed E-state index contributed by atoms with van der Waals surface area (Å²) >= 11 is 0. The van der Waals surface area contributed by atoms with Crippen molar-refractivity contribution in [2.75, 3.05) is 0 Å². The van der Waals surface area contributed by atoms with Gasteiger partial charge < -0.3 is 4.42 Å². The molecule has 0 unspecified atom stereocenters. The van der Waals surface area contributed by atoms with E-state index in [0.29, 0.717) is 5.92 Å². The molecule has 0 amide bonds. The van der Waals surface area contributed by atoms with Gasteiger partial charge in [0, 0.05) is 11.8 Å². The number of furan rings is 1. The fraction of sp³-hybridized carbons (Fsp3) is 0.600. The molecule has 1 fully saturated rings. The van der Waals surface area contributed by atoms with Crippen molar-refractivity contribution >= 4 is 0 Å². The topological polar surface area (TPSA) is 13.1 Å². The lowest BCUT2D eigenvalue weighted by Crippen LogP contribution is -1.80. The molecule has 0 saturated heterocycles. The van der Waals surface area contributed by atoms with Crippen LogP contribution in [0.25, 0.3) is 0 Å². The van der Waals surface area contributed by atoms with Gasteiger partial charge in [-0.1, -0.05) is 13.8 Å². The van der Waals surface area contributed by atoms with E-state index in [1.165, 1.54) is 18.6 Å². The summed E-state index contributed by atoms with van der Waals surface area (Å²) in [6.07, 6.45) is 2.65. The molecule has 0 N–H and O–H groups in total. The van der Waals surface area contributed by atoms with Crippen LogP contribution in [0, 0.1) is 0 Å². The van der Waals surface area contributed by atoms with Crippen LogP contribution in [0.5, 0.6) is 0 Å². The summed E-state index contributed by atoms with van der Waals surface area (Å²) in [5.41, 5.74) is 0. The standard InChI is InChI=1S/C10H14O/c1-7(2)9-5-6-10(11-9)8-3-4-8/h5-8H,3-4H2,1-2H3. The first-order chi connectivity index (χ1) is 5.27. The van der Waals surface area contributed by atoms with Crippen LogP contribution in [0.4, 0.5) is 0 Å². The summed E-state index contributed by atoms with van der Waals surface area (Å²) in [7, 11) is 0. The van der Waals surface area contributed by atoms with E-state index in [0.717, 1.165) is 11.7 Å². The Morgan fingerprint density at radius 3 is 2.55 bits per heavy atom. The first-order valence-corrected chi connectivity index (χ1v) is 4.37. The largest absolute Gasteiger partial charge is 0.466 e. The minimum atomic E-state index is 0.530. The van der Waals surface area contributed by atoms with Crippen molar-refractivity contribution in [1.82, 2.24) is 0 Å². The summed E-state index contributed by atoms with van der Waals surface area (Å²) in [6.45, 7) is 4.32. The van der Waals surface area contributed by atoms with Crippen molar-refractivity contribution in [2.24, 2.45) is 0 Å². The van der Waals surface area contributed by atoms with Crippen molar-refractivity contribution < 1.29 is 4.42 Å². The minimum Gasteiger partial charge on any atom is -0.466 e. The molecule has 1 heterocycles. The molecule has 2 rings (SSSR count). The van der Waals surface area contributed by atoms with Gasteiger partial charge in [-0.25, -0.2) is 0 Å². The molecule has 1 aliphatic carbocycles. The van der Waals surface area contributed by atoms with Crippen LogP contribution < -0.4 is 0 Å². The lowest BCUT2D eigenvalue weighted by molar-refractivity contribution is 0.448. The van der Waals surface area contributed by atoms with Crippen molar-refractivity contribution in [3.8, 4) is 0 Å². The predicted molar refractivity (Wildman–Crippen MR) is 44.8 cm³/mol. The van der Waals surface area contributed by atoms with Gasteiger partial charge in [-0.15, -0.1) is 0 Å². The van der Waals surface area contributed by atoms with Crippen LogP contribution in [-0.2, 0) is 0 Å². The number of rotatable bonds is 2. The molecule has 0 atom stereocenters. The van der Waals surface area contributed by atoms with E-state index in [1.807, 2.05) is 0 Å². The number of hydrogen-bond donors (Lipinski definition) is 0. The van der Waals surface area contributed by atoms with Crippen molar-refractivity contribution in [1.29, 1.82) is 0 Å². The lowest BCUT2D eigenvalue weighted by atomic mass is 10.2. The second-order valence-corrected chi connectivity index (χ2v) is 3.67. The van der Waals surface area contributed by atoms with Gasteiger partial charge >= 0.3 is 0 Å². The fourth-order valence-corrected chi connectivity index (χ4v) is 1.27. The molecule has 60 valence electrons. The maximum Gasteiger partial charge on any atom is 0.107 e. The molecule has 11 heavy (non-hydrogen) atoms. The van der Waals surface area contributed by atoms with E-state index in [9.17, 15) is 0 Å². The molecule has 0 bridgehead atoms. The van der Waals surface area contributed by atoms with Crippen molar-refractivity contribution in [3.05, 3.63) is 23.7 Å². The summed E-state index contributed by atoms with van der Waals surface area (Å²) in [5, 5.41) is 0. The predicted octanol–water partition coefficient (Wildman–Crippen LogP) is 3.28. The molecule has 1 saturated carbocycles. The fourth-order valence-electron chi connectivity index (χ4n) is 1.27. The molecular formula is C10H14O. The quantitative estimate of drug-likeness (QED) is 0.630. The molecule has 1 aromatic rings.